The van der Waals surface area contributed by atoms with Crippen molar-refractivity contribution in [3.63, 3.8) is 0 Å². The van der Waals surface area contributed by atoms with E-state index in [-0.39, 0.29) is 29.7 Å². The van der Waals surface area contributed by atoms with Crippen molar-refractivity contribution in [2.24, 2.45) is 11.7 Å². The minimum absolute atomic E-state index is 0.107. The summed E-state index contributed by atoms with van der Waals surface area (Å²) in [6.45, 7) is 6.53. The second-order valence-corrected chi connectivity index (χ2v) is 11.0. The van der Waals surface area contributed by atoms with Crippen LogP contribution < -0.4 is 15.4 Å². The number of nitrogens with zero attached hydrogens (tertiary/aromatic N) is 5. The summed E-state index contributed by atoms with van der Waals surface area (Å²) >= 11 is 0. The zero-order valence-electron chi connectivity index (χ0n) is 23.4. The maximum absolute atomic E-state index is 14.3. The van der Waals surface area contributed by atoms with Gasteiger partial charge in [0.05, 0.1) is 12.7 Å². The monoisotopic (exact) mass is 566 g/mol. The maximum atomic E-state index is 14.3. The molecule has 9 nitrogen and oxygen atoms in total. The van der Waals surface area contributed by atoms with E-state index in [1.54, 1.807) is 23.5 Å². The highest BCUT2D eigenvalue weighted by Gasteiger charge is 2.34. The highest BCUT2D eigenvalue weighted by Crippen LogP contribution is 2.31. The number of likely N-dealkylation sites (tertiary alicyclic amines) is 1. The first-order valence-electron chi connectivity index (χ1n) is 14.1. The molecular formula is C30H36F2N6O3. The summed E-state index contributed by atoms with van der Waals surface area (Å²) < 4.78 is 39.2. The fourth-order valence-electron chi connectivity index (χ4n) is 5.40. The number of amides is 1. The molecule has 2 N–H and O–H groups in total. The molecule has 0 radical (unpaired) electrons. The minimum atomic E-state index is -0.486. The number of nitrogens with two attached hydrogens (primary N) is 1. The summed E-state index contributed by atoms with van der Waals surface area (Å²) in [5, 5.41) is 0. The molecule has 2 atom stereocenters. The molecule has 11 heteroatoms. The van der Waals surface area contributed by atoms with Crippen molar-refractivity contribution >= 4 is 12.0 Å². The number of aromatic nitrogens is 3. The maximum Gasteiger partial charge on any atom is 0.410 e. The molecular weight excluding hydrogens is 530 g/mol. The van der Waals surface area contributed by atoms with E-state index in [1.165, 1.54) is 6.07 Å². The molecule has 2 aliphatic heterocycles. The van der Waals surface area contributed by atoms with Crippen LogP contribution in [0.25, 0.3) is 11.1 Å². The third-order valence-corrected chi connectivity index (χ3v) is 7.70. The van der Waals surface area contributed by atoms with Gasteiger partial charge in [0, 0.05) is 73.9 Å². The number of halogens is 2. The fraction of sp³-hybridized carbons (Fsp3) is 0.467. The largest absolute Gasteiger partial charge is 0.478 e. The number of carbonyl (C=O) groups is 1. The molecule has 41 heavy (non-hydrogen) atoms. The van der Waals surface area contributed by atoms with Gasteiger partial charge in [-0.3, -0.25) is 0 Å². The average molecular weight is 567 g/mol. The molecule has 2 fully saturated rings. The van der Waals surface area contributed by atoms with Gasteiger partial charge >= 0.3 is 6.09 Å². The van der Waals surface area contributed by atoms with Gasteiger partial charge in [-0.1, -0.05) is 0 Å². The van der Waals surface area contributed by atoms with Crippen LogP contribution in [0.3, 0.4) is 0 Å². The molecule has 0 aliphatic carbocycles. The van der Waals surface area contributed by atoms with Crippen LogP contribution in [-0.2, 0) is 4.74 Å². The molecule has 3 aromatic rings. The average Bonchev–Trinajstić information content (AvgIpc) is 3.36. The molecule has 2 saturated heterocycles. The predicted octanol–water partition coefficient (Wildman–Crippen LogP) is 4.77. The molecule has 0 unspecified atom stereocenters. The van der Waals surface area contributed by atoms with Crippen LogP contribution in [0, 0.1) is 17.6 Å². The molecule has 1 amide bonds. The van der Waals surface area contributed by atoms with E-state index < -0.39 is 11.6 Å². The van der Waals surface area contributed by atoms with Crippen molar-refractivity contribution < 1.29 is 23.0 Å². The quantitative estimate of drug-likeness (QED) is 0.416. The Kier molecular flexibility index (Phi) is 8.92. The Hall–Kier alpha value is -3.86. The summed E-state index contributed by atoms with van der Waals surface area (Å²) in [6, 6.07) is 6.82. The highest BCUT2D eigenvalue weighted by atomic mass is 19.1. The summed E-state index contributed by atoms with van der Waals surface area (Å²) in [7, 11) is 0. The SMILES string of the molecule is CC(C)OC(=O)N1CCC(CCOc2ccc(-c3cnc(N4C[C@H](c5cc(F)ccc5F)[C@@H](N)C4)nc3)cn2)CC1. The summed E-state index contributed by atoms with van der Waals surface area (Å²) in [6.07, 6.45) is 7.58. The fourth-order valence-corrected chi connectivity index (χ4v) is 5.40. The van der Waals surface area contributed by atoms with E-state index >= 15 is 0 Å². The van der Waals surface area contributed by atoms with E-state index in [2.05, 4.69) is 15.0 Å². The normalized spacial score (nSPS) is 19.6. The number of pyridine rings is 1. The number of rotatable bonds is 8. The first kappa shape index (κ1) is 28.7. The van der Waals surface area contributed by atoms with E-state index in [9.17, 15) is 13.6 Å². The number of carbonyl (C=O) groups excluding carboxylic acids is 1. The topological polar surface area (TPSA) is 107 Å². The van der Waals surface area contributed by atoms with Gasteiger partial charge in [0.2, 0.25) is 11.8 Å². The molecule has 4 heterocycles. The third kappa shape index (κ3) is 7.08. The van der Waals surface area contributed by atoms with Crippen molar-refractivity contribution in [2.45, 2.75) is 51.2 Å². The lowest BCUT2D eigenvalue weighted by Crippen LogP contribution is -2.39. The second kappa shape index (κ2) is 12.8. The van der Waals surface area contributed by atoms with Crippen LogP contribution in [0.5, 0.6) is 5.88 Å². The van der Waals surface area contributed by atoms with Gasteiger partial charge in [-0.25, -0.2) is 28.5 Å². The Morgan fingerprint density at radius 3 is 2.44 bits per heavy atom. The van der Waals surface area contributed by atoms with Crippen molar-refractivity contribution in [2.75, 3.05) is 37.7 Å². The van der Waals surface area contributed by atoms with Crippen LogP contribution in [-0.4, -0.2) is 70.9 Å². The smallest absolute Gasteiger partial charge is 0.410 e. The standard InChI is InChI=1S/C30H36F2N6O3/c1-19(2)41-30(39)37-10-7-20(8-11-37)9-12-40-28-6-3-21(14-34-28)22-15-35-29(36-16-22)38-17-25(27(33)18-38)24-13-23(31)4-5-26(24)32/h3-6,13-16,19-20,25,27H,7-12,17-18,33H2,1-2H3/t25-,27+/m1/s1. The van der Waals surface area contributed by atoms with Gasteiger partial charge in [0.15, 0.2) is 0 Å². The van der Waals surface area contributed by atoms with Crippen LogP contribution >= 0.6 is 0 Å². The van der Waals surface area contributed by atoms with Crippen molar-refractivity contribution in [3.05, 3.63) is 66.1 Å². The number of hydrogen-bond donors (Lipinski definition) is 1. The van der Waals surface area contributed by atoms with E-state index in [4.69, 9.17) is 15.2 Å². The van der Waals surface area contributed by atoms with Gasteiger partial charge in [-0.05, 0) is 68.9 Å². The molecule has 5 rings (SSSR count). The number of piperidine rings is 1. The third-order valence-electron chi connectivity index (χ3n) is 7.70. The Labute approximate surface area is 238 Å². The lowest BCUT2D eigenvalue weighted by molar-refractivity contribution is 0.0636. The van der Waals surface area contributed by atoms with Crippen molar-refractivity contribution in [1.29, 1.82) is 0 Å². The van der Waals surface area contributed by atoms with Crippen molar-refractivity contribution in [1.82, 2.24) is 19.9 Å². The lowest BCUT2D eigenvalue weighted by atomic mass is 9.94. The van der Waals surface area contributed by atoms with Gasteiger partial charge in [0.1, 0.15) is 11.6 Å². The van der Waals surface area contributed by atoms with Gasteiger partial charge in [-0.2, -0.15) is 0 Å². The lowest BCUT2D eigenvalue weighted by Gasteiger charge is -2.31. The zero-order chi connectivity index (χ0) is 28.9. The van der Waals surface area contributed by atoms with E-state index in [1.807, 2.05) is 30.9 Å². The Morgan fingerprint density at radius 2 is 1.76 bits per heavy atom. The second-order valence-electron chi connectivity index (χ2n) is 11.0. The summed E-state index contributed by atoms with van der Waals surface area (Å²) in [5.74, 6) is 0.231. The van der Waals surface area contributed by atoms with Crippen LogP contribution in [0.15, 0.2) is 48.9 Å². The number of benzene rings is 1. The number of ether oxygens (including phenoxy) is 2. The van der Waals surface area contributed by atoms with Gasteiger partial charge in [0.25, 0.3) is 0 Å². The zero-order valence-corrected chi connectivity index (χ0v) is 23.4. The molecule has 0 bridgehead atoms. The molecule has 218 valence electrons. The molecule has 0 saturated carbocycles. The summed E-state index contributed by atoms with van der Waals surface area (Å²) in [5.41, 5.74) is 8.20. The summed E-state index contributed by atoms with van der Waals surface area (Å²) in [4.78, 5) is 29.1. The molecule has 2 aromatic heterocycles. The molecule has 2 aliphatic rings. The number of hydrogen-bond acceptors (Lipinski definition) is 8. The Morgan fingerprint density at radius 1 is 1.02 bits per heavy atom. The Bertz CT molecular complexity index is 1320. The first-order valence-corrected chi connectivity index (χ1v) is 14.1. The highest BCUT2D eigenvalue weighted by molar-refractivity contribution is 5.67. The van der Waals surface area contributed by atoms with E-state index in [0.29, 0.717) is 50.5 Å². The van der Waals surface area contributed by atoms with Gasteiger partial charge in [-0.15, -0.1) is 0 Å². The number of anilines is 1. The van der Waals surface area contributed by atoms with Crippen LogP contribution in [0.2, 0.25) is 0 Å². The van der Waals surface area contributed by atoms with Crippen molar-refractivity contribution in [3.8, 4) is 17.0 Å². The molecule has 0 spiro atoms. The predicted molar refractivity (Wildman–Crippen MR) is 151 cm³/mol. The van der Waals surface area contributed by atoms with Gasteiger partial charge < -0.3 is 25.0 Å². The minimum Gasteiger partial charge on any atom is -0.478 e. The Balaban J connectivity index is 1.09. The van der Waals surface area contributed by atoms with Crippen LogP contribution in [0.4, 0.5) is 19.5 Å². The molecule has 1 aromatic carbocycles. The van der Waals surface area contributed by atoms with E-state index in [0.717, 1.165) is 42.5 Å². The van der Waals surface area contributed by atoms with Crippen LogP contribution in [0.1, 0.15) is 44.6 Å². The first-order chi connectivity index (χ1) is 19.8.